The normalized spacial score (nSPS) is 20.8. The zero-order chi connectivity index (χ0) is 17.0. The molecule has 6 heteroatoms. The van der Waals surface area contributed by atoms with Crippen molar-refractivity contribution in [2.75, 3.05) is 14.2 Å². The van der Waals surface area contributed by atoms with Crippen LogP contribution in [0.4, 0.5) is 0 Å². The number of aliphatic carboxylic acids is 1. The van der Waals surface area contributed by atoms with Crippen molar-refractivity contribution < 1.29 is 19.4 Å². The van der Waals surface area contributed by atoms with E-state index < -0.39 is 11.9 Å². The summed E-state index contributed by atoms with van der Waals surface area (Å²) < 4.78 is 5.30. The minimum absolute atomic E-state index is 0.0158. The maximum Gasteiger partial charge on any atom is 0.306 e. The molecular weight excluding hydrogens is 318 g/mol. The van der Waals surface area contributed by atoms with E-state index >= 15 is 0 Å². The van der Waals surface area contributed by atoms with Gasteiger partial charge in [0.2, 0.25) is 5.91 Å². The number of methoxy groups -OCH3 is 1. The number of amides is 1. The Morgan fingerprint density at radius 3 is 2.70 bits per heavy atom. The van der Waals surface area contributed by atoms with Gasteiger partial charge in [-0.15, -0.1) is 0 Å². The van der Waals surface area contributed by atoms with Crippen molar-refractivity contribution in [2.45, 2.75) is 32.2 Å². The summed E-state index contributed by atoms with van der Waals surface area (Å²) in [5.41, 5.74) is 0.835. The monoisotopic (exact) mass is 339 g/mol. The first-order valence-corrected chi connectivity index (χ1v) is 8.10. The van der Waals surface area contributed by atoms with E-state index in [4.69, 9.17) is 21.4 Å². The molecule has 1 aliphatic carbocycles. The second-order valence-corrected chi connectivity index (χ2v) is 6.49. The first-order valence-electron chi connectivity index (χ1n) is 7.72. The second-order valence-electron chi connectivity index (χ2n) is 6.05. The van der Waals surface area contributed by atoms with Crippen molar-refractivity contribution in [2.24, 2.45) is 11.8 Å². The summed E-state index contributed by atoms with van der Waals surface area (Å²) in [6, 6.07) is 5.30. The van der Waals surface area contributed by atoms with E-state index in [0.29, 0.717) is 30.2 Å². The first kappa shape index (κ1) is 17.6. The lowest BCUT2D eigenvalue weighted by Crippen LogP contribution is -2.36. The van der Waals surface area contributed by atoms with Gasteiger partial charge in [-0.25, -0.2) is 0 Å². The fourth-order valence-corrected chi connectivity index (χ4v) is 3.35. The number of benzene rings is 1. The number of hydrogen-bond donors (Lipinski definition) is 1. The lowest BCUT2D eigenvalue weighted by molar-refractivity contribution is -0.145. The Kier molecular flexibility index (Phi) is 5.88. The maximum absolute atomic E-state index is 12.6. The number of carbonyl (C=O) groups is 2. The molecule has 1 aromatic rings. The van der Waals surface area contributed by atoms with Crippen LogP contribution in [0.2, 0.25) is 5.02 Å². The van der Waals surface area contributed by atoms with Crippen LogP contribution in [-0.2, 0) is 16.1 Å². The van der Waals surface area contributed by atoms with Crippen molar-refractivity contribution in [3.8, 4) is 5.75 Å². The Labute approximate surface area is 141 Å². The average Bonchev–Trinajstić information content (AvgIpc) is 2.54. The highest BCUT2D eigenvalue weighted by Gasteiger charge is 2.32. The predicted molar refractivity (Wildman–Crippen MR) is 87.6 cm³/mol. The smallest absolute Gasteiger partial charge is 0.306 e. The van der Waals surface area contributed by atoms with Crippen LogP contribution in [0.25, 0.3) is 0 Å². The van der Waals surface area contributed by atoms with Gasteiger partial charge >= 0.3 is 5.97 Å². The molecule has 0 saturated heterocycles. The molecule has 1 saturated carbocycles. The van der Waals surface area contributed by atoms with Gasteiger partial charge < -0.3 is 14.7 Å². The van der Waals surface area contributed by atoms with Crippen molar-refractivity contribution in [3.63, 3.8) is 0 Å². The molecule has 2 unspecified atom stereocenters. The third-order valence-electron chi connectivity index (χ3n) is 4.40. The van der Waals surface area contributed by atoms with Crippen LogP contribution in [0.1, 0.15) is 31.2 Å². The molecule has 5 nitrogen and oxygen atoms in total. The third kappa shape index (κ3) is 4.38. The van der Waals surface area contributed by atoms with Gasteiger partial charge in [0, 0.05) is 30.1 Å². The van der Waals surface area contributed by atoms with Gasteiger partial charge in [0.05, 0.1) is 13.0 Å². The molecule has 2 rings (SSSR count). The molecule has 0 aliphatic heterocycles. The van der Waals surface area contributed by atoms with Crippen LogP contribution in [-0.4, -0.2) is 36.0 Å². The number of carbonyl (C=O) groups excluding carboxylic acids is 1. The van der Waals surface area contributed by atoms with E-state index in [0.717, 1.165) is 18.4 Å². The number of nitrogens with zero attached hydrogens (tertiary/aromatic N) is 1. The highest BCUT2D eigenvalue weighted by molar-refractivity contribution is 6.30. The molecule has 0 aromatic heterocycles. The number of carboxylic acids is 1. The lowest BCUT2D eigenvalue weighted by atomic mass is 9.81. The van der Waals surface area contributed by atoms with Gasteiger partial charge in [0.15, 0.2) is 0 Å². The van der Waals surface area contributed by atoms with Gasteiger partial charge in [0.25, 0.3) is 0 Å². The van der Waals surface area contributed by atoms with E-state index in [-0.39, 0.29) is 11.8 Å². The van der Waals surface area contributed by atoms with E-state index in [2.05, 4.69) is 0 Å². The zero-order valence-electron chi connectivity index (χ0n) is 13.4. The van der Waals surface area contributed by atoms with Gasteiger partial charge in [0.1, 0.15) is 5.75 Å². The zero-order valence-corrected chi connectivity index (χ0v) is 14.2. The van der Waals surface area contributed by atoms with Gasteiger partial charge in [-0.3, -0.25) is 9.59 Å². The number of halogens is 1. The number of ether oxygens (including phenoxy) is 1. The van der Waals surface area contributed by atoms with Crippen LogP contribution < -0.4 is 4.74 Å². The molecule has 1 amide bonds. The quantitative estimate of drug-likeness (QED) is 0.894. The molecule has 1 aliphatic rings. The van der Waals surface area contributed by atoms with E-state index in [1.807, 2.05) is 0 Å². The summed E-state index contributed by atoms with van der Waals surface area (Å²) in [6.45, 7) is 0.386. The molecule has 0 spiro atoms. The SMILES string of the molecule is COc1ccc(Cl)cc1CN(C)C(=O)C1CCCC(C(=O)O)C1. The maximum atomic E-state index is 12.6. The summed E-state index contributed by atoms with van der Waals surface area (Å²) in [6.07, 6.45) is 2.61. The predicted octanol–water partition coefficient (Wildman–Crippen LogP) is 3.20. The molecule has 0 bridgehead atoms. The number of carboxylic acid groups (broad SMARTS) is 1. The Bertz CT molecular complexity index is 590. The Balaban J connectivity index is 2.05. The highest BCUT2D eigenvalue weighted by Crippen LogP contribution is 2.31. The molecule has 0 heterocycles. The van der Waals surface area contributed by atoms with Crippen molar-refractivity contribution in [1.82, 2.24) is 4.90 Å². The van der Waals surface area contributed by atoms with Gasteiger partial charge in [-0.05, 0) is 37.5 Å². The van der Waals surface area contributed by atoms with E-state index in [1.54, 1.807) is 37.3 Å². The molecule has 23 heavy (non-hydrogen) atoms. The van der Waals surface area contributed by atoms with Gasteiger partial charge in [-0.1, -0.05) is 18.0 Å². The largest absolute Gasteiger partial charge is 0.496 e. The molecule has 0 radical (unpaired) electrons. The average molecular weight is 340 g/mol. The minimum atomic E-state index is -0.804. The van der Waals surface area contributed by atoms with Crippen LogP contribution in [0, 0.1) is 11.8 Å². The molecule has 1 N–H and O–H groups in total. The summed E-state index contributed by atoms with van der Waals surface area (Å²) in [5.74, 6) is -0.771. The Hall–Kier alpha value is -1.75. The third-order valence-corrected chi connectivity index (χ3v) is 4.63. The first-order chi connectivity index (χ1) is 10.9. The summed E-state index contributed by atoms with van der Waals surface area (Å²) >= 11 is 6.02. The van der Waals surface area contributed by atoms with Crippen LogP contribution >= 0.6 is 11.6 Å². The van der Waals surface area contributed by atoms with Crippen molar-refractivity contribution in [3.05, 3.63) is 28.8 Å². The second kappa shape index (κ2) is 7.68. The highest BCUT2D eigenvalue weighted by atomic mass is 35.5. The molecular formula is C17H22ClNO4. The van der Waals surface area contributed by atoms with Gasteiger partial charge in [-0.2, -0.15) is 0 Å². The molecule has 126 valence electrons. The fraction of sp³-hybridized carbons (Fsp3) is 0.529. The summed E-state index contributed by atoms with van der Waals surface area (Å²) in [4.78, 5) is 25.4. The Morgan fingerprint density at radius 1 is 1.35 bits per heavy atom. The van der Waals surface area contributed by atoms with Crippen LogP contribution in [0.15, 0.2) is 18.2 Å². The fourth-order valence-electron chi connectivity index (χ4n) is 3.15. The lowest BCUT2D eigenvalue weighted by Gasteiger charge is -2.29. The topological polar surface area (TPSA) is 66.8 Å². The summed E-state index contributed by atoms with van der Waals surface area (Å²) in [7, 11) is 3.31. The Morgan fingerprint density at radius 2 is 2.04 bits per heavy atom. The minimum Gasteiger partial charge on any atom is -0.496 e. The van der Waals surface area contributed by atoms with Crippen LogP contribution in [0.3, 0.4) is 0 Å². The number of hydrogen-bond acceptors (Lipinski definition) is 3. The van der Waals surface area contributed by atoms with Crippen molar-refractivity contribution in [1.29, 1.82) is 0 Å². The molecule has 1 fully saturated rings. The van der Waals surface area contributed by atoms with E-state index in [9.17, 15) is 9.59 Å². The van der Waals surface area contributed by atoms with Crippen LogP contribution in [0.5, 0.6) is 5.75 Å². The molecule has 2 atom stereocenters. The van der Waals surface area contributed by atoms with E-state index in [1.165, 1.54) is 0 Å². The summed E-state index contributed by atoms with van der Waals surface area (Å²) in [5, 5.41) is 9.74. The standard InChI is InChI=1S/C17H22ClNO4/c1-19(10-13-9-14(18)6-7-15(13)23-2)16(20)11-4-3-5-12(8-11)17(21)22/h6-7,9,11-12H,3-5,8,10H2,1-2H3,(H,21,22). The van der Waals surface area contributed by atoms with Crippen molar-refractivity contribution >= 4 is 23.5 Å². The number of rotatable bonds is 5. The molecule has 1 aromatic carbocycles.